The van der Waals surface area contributed by atoms with E-state index in [2.05, 4.69) is 5.10 Å². The highest BCUT2D eigenvalue weighted by atomic mass is 19.4. The van der Waals surface area contributed by atoms with Crippen molar-refractivity contribution in [3.8, 4) is 17.3 Å². The molecule has 1 heterocycles. The molecule has 140 valence electrons. The van der Waals surface area contributed by atoms with E-state index in [0.29, 0.717) is 18.4 Å². The van der Waals surface area contributed by atoms with Crippen LogP contribution in [0.15, 0.2) is 46.3 Å². The Bertz CT molecular complexity index is 943. The fourth-order valence-corrected chi connectivity index (χ4v) is 3.22. The van der Waals surface area contributed by atoms with Gasteiger partial charge in [-0.15, -0.1) is 0 Å². The molecule has 0 saturated heterocycles. The molecule has 7 heteroatoms. The number of hydrogen-bond donors (Lipinski definition) is 0. The van der Waals surface area contributed by atoms with E-state index in [4.69, 9.17) is 0 Å². The summed E-state index contributed by atoms with van der Waals surface area (Å²) in [6.45, 7) is 0. The first kappa shape index (κ1) is 18.9. The van der Waals surface area contributed by atoms with Crippen molar-refractivity contribution in [2.24, 2.45) is 5.10 Å². The SMILES string of the molecule is N#Cc1c(C(F)(F)F)cc(-c2ccccc2)n(N=C2CCCCCC2)c1=O. The predicted octanol–water partition coefficient (Wildman–Crippen LogP) is 4.96. The molecule has 1 saturated carbocycles. The summed E-state index contributed by atoms with van der Waals surface area (Å²) in [7, 11) is 0. The highest BCUT2D eigenvalue weighted by Gasteiger charge is 2.36. The number of pyridine rings is 1. The Balaban J connectivity index is 2.29. The first-order valence-corrected chi connectivity index (χ1v) is 8.81. The van der Waals surface area contributed by atoms with Crippen LogP contribution in [0.25, 0.3) is 11.3 Å². The van der Waals surface area contributed by atoms with Crippen molar-refractivity contribution in [2.45, 2.75) is 44.7 Å². The lowest BCUT2D eigenvalue weighted by atomic mass is 10.0. The minimum atomic E-state index is -4.80. The fraction of sp³-hybridized carbons (Fsp3) is 0.350. The molecule has 0 spiro atoms. The van der Waals surface area contributed by atoms with Crippen LogP contribution in [-0.2, 0) is 6.18 Å². The monoisotopic (exact) mass is 373 g/mol. The molecular formula is C20H18F3N3O. The average molecular weight is 373 g/mol. The van der Waals surface area contributed by atoms with Crippen molar-refractivity contribution in [3.05, 3.63) is 57.9 Å². The molecule has 1 aliphatic rings. The minimum Gasteiger partial charge on any atom is -0.266 e. The van der Waals surface area contributed by atoms with Crippen LogP contribution in [0.2, 0.25) is 0 Å². The third kappa shape index (κ3) is 4.11. The van der Waals surface area contributed by atoms with Gasteiger partial charge in [0.25, 0.3) is 5.56 Å². The zero-order valence-electron chi connectivity index (χ0n) is 14.6. The van der Waals surface area contributed by atoms with E-state index < -0.39 is 22.9 Å². The first-order valence-electron chi connectivity index (χ1n) is 8.81. The third-order valence-electron chi connectivity index (χ3n) is 4.59. The van der Waals surface area contributed by atoms with E-state index >= 15 is 0 Å². The normalized spacial score (nSPS) is 15.1. The summed E-state index contributed by atoms with van der Waals surface area (Å²) in [4.78, 5) is 12.8. The maximum atomic E-state index is 13.4. The topological polar surface area (TPSA) is 58.1 Å². The highest BCUT2D eigenvalue weighted by molar-refractivity contribution is 5.84. The van der Waals surface area contributed by atoms with Gasteiger partial charge >= 0.3 is 6.18 Å². The van der Waals surface area contributed by atoms with Crippen LogP contribution in [0.3, 0.4) is 0 Å². The lowest BCUT2D eigenvalue weighted by molar-refractivity contribution is -0.137. The highest BCUT2D eigenvalue weighted by Crippen LogP contribution is 2.33. The summed E-state index contributed by atoms with van der Waals surface area (Å²) >= 11 is 0. The second-order valence-corrected chi connectivity index (χ2v) is 6.49. The molecule has 0 bridgehead atoms. The molecule has 0 radical (unpaired) electrons. The summed E-state index contributed by atoms with van der Waals surface area (Å²) < 4.78 is 41.2. The van der Waals surface area contributed by atoms with Gasteiger partial charge in [0.1, 0.15) is 11.6 Å². The van der Waals surface area contributed by atoms with Crippen molar-refractivity contribution in [2.75, 3.05) is 0 Å². The van der Waals surface area contributed by atoms with Crippen molar-refractivity contribution in [1.29, 1.82) is 5.26 Å². The Kier molecular flexibility index (Phi) is 5.45. The smallest absolute Gasteiger partial charge is 0.266 e. The molecule has 0 amide bonds. The van der Waals surface area contributed by atoms with Gasteiger partial charge in [0.15, 0.2) is 0 Å². The maximum Gasteiger partial charge on any atom is 0.417 e. The van der Waals surface area contributed by atoms with Crippen LogP contribution in [0.4, 0.5) is 13.2 Å². The van der Waals surface area contributed by atoms with Crippen LogP contribution in [0, 0.1) is 11.3 Å². The lowest BCUT2D eigenvalue weighted by Crippen LogP contribution is -2.27. The number of hydrogen-bond acceptors (Lipinski definition) is 3. The van der Waals surface area contributed by atoms with Crippen LogP contribution in [-0.4, -0.2) is 10.4 Å². The van der Waals surface area contributed by atoms with Crippen LogP contribution in [0.5, 0.6) is 0 Å². The van der Waals surface area contributed by atoms with E-state index in [-0.39, 0.29) is 5.69 Å². The van der Waals surface area contributed by atoms with Gasteiger partial charge in [-0.05, 0) is 31.7 Å². The Morgan fingerprint density at radius 1 is 1.04 bits per heavy atom. The molecule has 1 aromatic heterocycles. The molecule has 1 fully saturated rings. The third-order valence-corrected chi connectivity index (χ3v) is 4.59. The zero-order valence-corrected chi connectivity index (χ0v) is 14.6. The standard InChI is InChI=1S/C20H18F3N3O/c21-20(22,23)17-12-18(14-8-4-3-5-9-14)26(19(27)16(17)13-24)25-15-10-6-1-2-7-11-15/h3-5,8-9,12H,1-2,6-7,10-11H2. The van der Waals surface area contributed by atoms with Gasteiger partial charge in [-0.25, -0.2) is 0 Å². The Labute approximate surface area is 154 Å². The number of nitriles is 1. The van der Waals surface area contributed by atoms with E-state index in [0.717, 1.165) is 42.1 Å². The van der Waals surface area contributed by atoms with Gasteiger partial charge in [-0.3, -0.25) is 4.79 Å². The largest absolute Gasteiger partial charge is 0.417 e. The quantitative estimate of drug-likeness (QED) is 0.698. The number of nitrogens with zero attached hydrogens (tertiary/aromatic N) is 3. The van der Waals surface area contributed by atoms with Gasteiger partial charge < -0.3 is 0 Å². The molecule has 27 heavy (non-hydrogen) atoms. The van der Waals surface area contributed by atoms with Crippen LogP contribution in [0.1, 0.15) is 49.7 Å². The van der Waals surface area contributed by atoms with Crippen LogP contribution >= 0.6 is 0 Å². The molecule has 3 rings (SSSR count). The minimum absolute atomic E-state index is 0.0312. The number of alkyl halides is 3. The molecule has 0 unspecified atom stereocenters. The van der Waals surface area contributed by atoms with Crippen molar-refractivity contribution in [1.82, 2.24) is 4.68 Å². The van der Waals surface area contributed by atoms with Gasteiger partial charge in [0, 0.05) is 11.3 Å². The molecular weight excluding hydrogens is 355 g/mol. The molecule has 0 atom stereocenters. The molecule has 1 aliphatic carbocycles. The van der Waals surface area contributed by atoms with E-state index in [1.54, 1.807) is 30.3 Å². The Morgan fingerprint density at radius 2 is 1.67 bits per heavy atom. The van der Waals surface area contributed by atoms with E-state index in [1.807, 2.05) is 0 Å². The van der Waals surface area contributed by atoms with Crippen molar-refractivity contribution >= 4 is 5.71 Å². The maximum absolute atomic E-state index is 13.4. The molecule has 2 aromatic rings. The molecule has 4 nitrogen and oxygen atoms in total. The summed E-state index contributed by atoms with van der Waals surface area (Å²) in [6, 6.07) is 10.6. The Hall–Kier alpha value is -2.88. The lowest BCUT2D eigenvalue weighted by Gasteiger charge is -2.15. The average Bonchev–Trinajstić information content (AvgIpc) is 2.91. The summed E-state index contributed by atoms with van der Waals surface area (Å²) in [5.41, 5.74) is -1.96. The summed E-state index contributed by atoms with van der Waals surface area (Å²) in [5, 5.41) is 13.6. The molecule has 0 aliphatic heterocycles. The molecule has 0 N–H and O–H groups in total. The number of rotatable bonds is 2. The fourth-order valence-electron chi connectivity index (χ4n) is 3.22. The second kappa shape index (κ2) is 7.78. The van der Waals surface area contributed by atoms with Crippen molar-refractivity contribution in [3.63, 3.8) is 0 Å². The van der Waals surface area contributed by atoms with E-state index in [1.165, 1.54) is 6.07 Å². The van der Waals surface area contributed by atoms with Crippen LogP contribution < -0.4 is 5.56 Å². The van der Waals surface area contributed by atoms with Crippen molar-refractivity contribution < 1.29 is 13.2 Å². The number of halogens is 3. The number of aromatic nitrogens is 1. The van der Waals surface area contributed by atoms with Gasteiger partial charge in [0.2, 0.25) is 0 Å². The van der Waals surface area contributed by atoms with Gasteiger partial charge in [-0.1, -0.05) is 43.2 Å². The number of benzene rings is 1. The Morgan fingerprint density at radius 3 is 2.22 bits per heavy atom. The van der Waals surface area contributed by atoms with E-state index in [9.17, 15) is 23.2 Å². The zero-order chi connectivity index (χ0) is 19.4. The first-order chi connectivity index (χ1) is 12.9. The molecule has 1 aromatic carbocycles. The predicted molar refractivity (Wildman–Crippen MR) is 96.4 cm³/mol. The summed E-state index contributed by atoms with van der Waals surface area (Å²) in [5.74, 6) is 0. The van der Waals surface area contributed by atoms with Gasteiger partial charge in [0.05, 0.1) is 11.3 Å². The second-order valence-electron chi connectivity index (χ2n) is 6.49. The summed E-state index contributed by atoms with van der Waals surface area (Å²) in [6.07, 6.45) is 0.585. The van der Waals surface area contributed by atoms with Gasteiger partial charge in [-0.2, -0.15) is 28.2 Å².